The predicted octanol–water partition coefficient (Wildman–Crippen LogP) is 15.3. The van der Waals surface area contributed by atoms with Crippen molar-refractivity contribution in [3.8, 4) is 11.5 Å². The van der Waals surface area contributed by atoms with Gasteiger partial charge in [0, 0.05) is 0 Å². The smallest absolute Gasteiger partial charge is 0.342 e. The lowest BCUT2D eigenvalue weighted by molar-refractivity contribution is 0.0503. The van der Waals surface area contributed by atoms with Gasteiger partial charge in [0.25, 0.3) is 0 Å². The van der Waals surface area contributed by atoms with E-state index >= 15 is 0 Å². The van der Waals surface area contributed by atoms with Crippen LogP contribution in [0, 0.1) is 0 Å². The highest BCUT2D eigenvalue weighted by Gasteiger charge is 2.23. The Kier molecular flexibility index (Phi) is 34.7. The molecule has 1 aromatic rings. The van der Waals surface area contributed by atoms with Crippen LogP contribution in [0.25, 0.3) is 0 Å². The van der Waals surface area contributed by atoms with Crippen molar-refractivity contribution in [2.75, 3.05) is 26.4 Å². The zero-order valence-corrected chi connectivity index (χ0v) is 36.1. The van der Waals surface area contributed by atoms with Crippen LogP contribution in [-0.2, 0) is 9.47 Å². The van der Waals surface area contributed by atoms with E-state index < -0.39 is 11.9 Å². The minimum absolute atomic E-state index is 0.256. The molecule has 0 unspecified atom stereocenters. The highest BCUT2D eigenvalue weighted by molar-refractivity contribution is 5.98. The van der Waals surface area contributed by atoms with Crippen molar-refractivity contribution < 1.29 is 28.5 Å². The van der Waals surface area contributed by atoms with Crippen LogP contribution in [0.3, 0.4) is 0 Å². The van der Waals surface area contributed by atoms with Crippen LogP contribution < -0.4 is 9.47 Å². The van der Waals surface area contributed by atoms with Crippen LogP contribution in [0.15, 0.2) is 12.1 Å². The average Bonchev–Trinajstić information content (AvgIpc) is 3.17. The second kappa shape index (κ2) is 37.7. The summed E-state index contributed by atoms with van der Waals surface area (Å²) in [6.45, 7) is 9.61. The van der Waals surface area contributed by atoms with Crippen LogP contribution >= 0.6 is 0 Å². The molecule has 0 saturated heterocycles. The highest BCUT2D eigenvalue weighted by Crippen LogP contribution is 2.31. The molecule has 1 aromatic carbocycles. The number of unbranched alkanes of at least 4 members (excludes halogenated alkanes) is 30. The first-order valence-electron chi connectivity index (χ1n) is 23.4. The first kappa shape index (κ1) is 49.8. The number of esters is 2. The van der Waals surface area contributed by atoms with E-state index in [2.05, 4.69) is 13.8 Å². The molecule has 0 radical (unpaired) electrons. The van der Waals surface area contributed by atoms with Gasteiger partial charge < -0.3 is 18.9 Å². The average molecular weight is 759 g/mol. The van der Waals surface area contributed by atoms with Gasteiger partial charge in [-0.25, -0.2) is 9.59 Å². The van der Waals surface area contributed by atoms with Gasteiger partial charge in [-0.1, -0.05) is 206 Å². The molecule has 54 heavy (non-hydrogen) atoms. The number of carbonyl (C=O) groups is 2. The number of benzene rings is 1. The van der Waals surface area contributed by atoms with Gasteiger partial charge in [-0.05, 0) is 38.8 Å². The molecule has 6 heteroatoms. The molecule has 0 spiro atoms. The fraction of sp³-hybridized carbons (Fsp3) is 0.833. The standard InChI is InChI=1S/C48H86O6/c1-5-9-11-13-15-17-19-21-23-25-27-29-31-33-35-37-39-53-45-41-44(48(50)52-8-4)46(42-43(45)47(49)51-7-3)54-40-38-36-34-32-30-28-26-24-22-20-18-16-14-12-10-6-2/h41-42H,5-40H2,1-4H3. The molecule has 0 N–H and O–H groups in total. The number of ether oxygens (including phenoxy) is 4. The summed E-state index contributed by atoms with van der Waals surface area (Å²) in [6.07, 6.45) is 41.9. The quantitative estimate of drug-likeness (QED) is 0.0490. The summed E-state index contributed by atoms with van der Waals surface area (Å²) in [4.78, 5) is 25.9. The molecule has 6 nitrogen and oxygen atoms in total. The van der Waals surface area contributed by atoms with E-state index in [0.29, 0.717) is 35.8 Å². The van der Waals surface area contributed by atoms with Gasteiger partial charge in [-0.3, -0.25) is 0 Å². The lowest BCUT2D eigenvalue weighted by Crippen LogP contribution is -2.14. The molecule has 314 valence electrons. The molecule has 0 amide bonds. The third-order valence-corrected chi connectivity index (χ3v) is 10.6. The van der Waals surface area contributed by atoms with Gasteiger partial charge in [-0.15, -0.1) is 0 Å². The zero-order chi connectivity index (χ0) is 39.2. The van der Waals surface area contributed by atoms with Crippen LogP contribution in [0.2, 0.25) is 0 Å². The summed E-state index contributed by atoms with van der Waals surface area (Å²) in [5.41, 5.74) is 0.590. The van der Waals surface area contributed by atoms with Crippen molar-refractivity contribution in [1.29, 1.82) is 0 Å². The van der Waals surface area contributed by atoms with Crippen LogP contribution in [0.4, 0.5) is 0 Å². The molecule has 0 fully saturated rings. The molecule has 0 atom stereocenters. The molecule has 0 aliphatic rings. The van der Waals surface area contributed by atoms with Crippen molar-refractivity contribution in [3.63, 3.8) is 0 Å². The van der Waals surface area contributed by atoms with Crippen molar-refractivity contribution in [2.24, 2.45) is 0 Å². The van der Waals surface area contributed by atoms with Crippen LogP contribution in [-0.4, -0.2) is 38.4 Å². The van der Waals surface area contributed by atoms with E-state index in [1.807, 2.05) is 0 Å². The zero-order valence-electron chi connectivity index (χ0n) is 36.1. The molecule has 0 heterocycles. The largest absolute Gasteiger partial charge is 0.493 e. The molecular weight excluding hydrogens is 673 g/mol. The lowest BCUT2D eigenvalue weighted by Gasteiger charge is -2.16. The Labute approximate surface area is 334 Å². The molecule has 0 aliphatic heterocycles. The van der Waals surface area contributed by atoms with E-state index in [1.165, 1.54) is 180 Å². The van der Waals surface area contributed by atoms with Crippen LogP contribution in [0.1, 0.15) is 254 Å². The van der Waals surface area contributed by atoms with E-state index in [1.54, 1.807) is 26.0 Å². The van der Waals surface area contributed by atoms with Gasteiger partial charge in [-0.2, -0.15) is 0 Å². The normalized spacial score (nSPS) is 11.2. The maximum Gasteiger partial charge on any atom is 0.342 e. The molecule has 0 aliphatic carbocycles. The summed E-state index contributed by atoms with van der Waals surface area (Å²) < 4.78 is 23.0. The Morgan fingerprint density at radius 1 is 0.352 bits per heavy atom. The monoisotopic (exact) mass is 759 g/mol. The summed E-state index contributed by atoms with van der Waals surface area (Å²) in [5, 5.41) is 0. The topological polar surface area (TPSA) is 71.1 Å². The number of carbonyl (C=O) groups excluding carboxylic acids is 2. The van der Waals surface area contributed by atoms with Gasteiger partial charge in [0.15, 0.2) is 0 Å². The summed E-state index contributed by atoms with van der Waals surface area (Å²) >= 11 is 0. The van der Waals surface area contributed by atoms with Gasteiger partial charge >= 0.3 is 11.9 Å². The number of rotatable bonds is 40. The first-order valence-corrected chi connectivity index (χ1v) is 23.4. The minimum Gasteiger partial charge on any atom is -0.493 e. The SMILES string of the molecule is CCCCCCCCCCCCCCCCCCOc1cc(C(=O)OCC)c(OCCCCCCCCCCCCCCCCCC)cc1C(=O)OCC. The van der Waals surface area contributed by atoms with E-state index in [-0.39, 0.29) is 13.2 Å². The molecule has 0 saturated carbocycles. The molecular formula is C48H86O6. The third kappa shape index (κ3) is 27.4. The summed E-state index contributed by atoms with van der Waals surface area (Å²) in [7, 11) is 0. The van der Waals surface area contributed by atoms with E-state index in [0.717, 1.165) is 25.7 Å². The Morgan fingerprint density at radius 3 is 0.796 bits per heavy atom. The van der Waals surface area contributed by atoms with Crippen molar-refractivity contribution in [1.82, 2.24) is 0 Å². The molecule has 1 rings (SSSR count). The van der Waals surface area contributed by atoms with Gasteiger partial charge in [0.2, 0.25) is 0 Å². The van der Waals surface area contributed by atoms with Gasteiger partial charge in [0.1, 0.15) is 22.6 Å². The van der Waals surface area contributed by atoms with Crippen molar-refractivity contribution in [3.05, 3.63) is 23.3 Å². The third-order valence-electron chi connectivity index (χ3n) is 10.6. The maximum absolute atomic E-state index is 13.0. The first-order chi connectivity index (χ1) is 26.6. The second-order valence-electron chi connectivity index (χ2n) is 15.6. The van der Waals surface area contributed by atoms with E-state index in [9.17, 15) is 9.59 Å². The number of hydrogen-bond acceptors (Lipinski definition) is 6. The Balaban J connectivity index is 2.38. The Hall–Kier alpha value is -2.24. The van der Waals surface area contributed by atoms with Crippen molar-refractivity contribution >= 4 is 11.9 Å². The Morgan fingerprint density at radius 2 is 0.574 bits per heavy atom. The summed E-state index contributed by atoms with van der Waals surface area (Å²) in [5.74, 6) is -0.233. The number of hydrogen-bond donors (Lipinski definition) is 0. The Bertz CT molecular complexity index is 927. The lowest BCUT2D eigenvalue weighted by atomic mass is 10.0. The van der Waals surface area contributed by atoms with E-state index in [4.69, 9.17) is 18.9 Å². The molecule has 0 bridgehead atoms. The van der Waals surface area contributed by atoms with Crippen LogP contribution in [0.5, 0.6) is 11.5 Å². The van der Waals surface area contributed by atoms with Crippen molar-refractivity contribution in [2.45, 2.75) is 233 Å². The maximum atomic E-state index is 13.0. The fourth-order valence-electron chi connectivity index (χ4n) is 7.20. The fourth-order valence-corrected chi connectivity index (χ4v) is 7.20. The second-order valence-corrected chi connectivity index (χ2v) is 15.6. The molecule has 0 aromatic heterocycles. The predicted molar refractivity (Wildman–Crippen MR) is 228 cm³/mol. The summed E-state index contributed by atoms with van der Waals surface area (Å²) in [6, 6.07) is 3.22. The minimum atomic E-state index is -0.470. The highest BCUT2D eigenvalue weighted by atomic mass is 16.5. The van der Waals surface area contributed by atoms with Gasteiger partial charge in [0.05, 0.1) is 26.4 Å².